The highest BCUT2D eigenvalue weighted by atomic mass is 15.1. The average Bonchev–Trinajstić information content (AvgIpc) is 2.21. The molecule has 0 aromatic rings. The van der Waals surface area contributed by atoms with Gasteiger partial charge in [-0.25, -0.2) is 0 Å². The van der Waals surface area contributed by atoms with E-state index in [-0.39, 0.29) is 0 Å². The van der Waals surface area contributed by atoms with Gasteiger partial charge in [-0.2, -0.15) is 0 Å². The quantitative estimate of drug-likeness (QED) is 0.528. The van der Waals surface area contributed by atoms with Crippen molar-refractivity contribution in [3.05, 3.63) is 0 Å². The second-order valence-corrected chi connectivity index (χ2v) is 4.26. The third kappa shape index (κ3) is 8.52. The van der Waals surface area contributed by atoms with E-state index in [0.717, 1.165) is 0 Å². The van der Waals surface area contributed by atoms with Gasteiger partial charge in [0.15, 0.2) is 0 Å². The van der Waals surface area contributed by atoms with Gasteiger partial charge in [-0.15, -0.1) is 0 Å². The Morgan fingerprint density at radius 1 is 0.714 bits per heavy atom. The molecule has 0 atom stereocenters. The third-order valence-corrected chi connectivity index (χ3v) is 2.76. The summed E-state index contributed by atoms with van der Waals surface area (Å²) in [5.41, 5.74) is 0. The van der Waals surface area contributed by atoms with E-state index in [1.54, 1.807) is 0 Å². The molecule has 0 aliphatic carbocycles. The first kappa shape index (κ1) is 13.9. The Hall–Kier alpha value is -0.0800. The summed E-state index contributed by atoms with van der Waals surface area (Å²) >= 11 is 0. The van der Waals surface area contributed by atoms with E-state index in [4.69, 9.17) is 0 Å². The summed E-state index contributed by atoms with van der Waals surface area (Å²) in [6, 6.07) is 0. The summed E-state index contributed by atoms with van der Waals surface area (Å²) in [5, 5.41) is 0. The van der Waals surface area contributed by atoms with Crippen LogP contribution in [0.1, 0.15) is 39.5 Å². The Bertz CT molecular complexity index is 115. The second kappa shape index (κ2) is 9.47. The van der Waals surface area contributed by atoms with E-state index < -0.39 is 0 Å². The molecule has 0 aliphatic rings. The summed E-state index contributed by atoms with van der Waals surface area (Å²) in [6.07, 6.45) is 5.32. The molecule has 0 saturated carbocycles. The van der Waals surface area contributed by atoms with Crippen molar-refractivity contribution in [3.63, 3.8) is 0 Å². The Balaban J connectivity index is 3.18. The highest BCUT2D eigenvalue weighted by Gasteiger charge is 1.98. The van der Waals surface area contributed by atoms with E-state index >= 15 is 0 Å². The van der Waals surface area contributed by atoms with E-state index in [0.29, 0.717) is 0 Å². The van der Waals surface area contributed by atoms with Crippen LogP contribution in [-0.4, -0.2) is 50.1 Å². The molecular weight excluding hydrogens is 172 g/mol. The number of nitrogens with zero attached hydrogens (tertiary/aromatic N) is 2. The lowest BCUT2D eigenvalue weighted by Gasteiger charge is -2.17. The van der Waals surface area contributed by atoms with Gasteiger partial charge in [-0.3, -0.25) is 0 Å². The summed E-state index contributed by atoms with van der Waals surface area (Å²) < 4.78 is 0. The molecule has 0 spiro atoms. The molecule has 2 heteroatoms. The molecule has 14 heavy (non-hydrogen) atoms. The Labute approximate surface area is 90.3 Å². The molecule has 0 radical (unpaired) electrons. The molecule has 0 rings (SSSR count). The van der Waals surface area contributed by atoms with Crippen LogP contribution < -0.4 is 0 Å². The highest BCUT2D eigenvalue weighted by Crippen LogP contribution is 1.97. The Kier molecular flexibility index (Phi) is 9.42. The summed E-state index contributed by atoms with van der Waals surface area (Å²) in [4.78, 5) is 4.83. The maximum atomic E-state index is 2.45. The lowest BCUT2D eigenvalue weighted by molar-refractivity contribution is 0.296. The Morgan fingerprint density at radius 3 is 1.71 bits per heavy atom. The van der Waals surface area contributed by atoms with Crippen molar-refractivity contribution in [2.24, 2.45) is 0 Å². The molecule has 0 aromatic carbocycles. The largest absolute Gasteiger partial charge is 0.307 e. The van der Waals surface area contributed by atoms with Gasteiger partial charge in [0.25, 0.3) is 0 Å². The molecule has 2 nitrogen and oxygen atoms in total. The summed E-state index contributed by atoms with van der Waals surface area (Å²) in [5.74, 6) is 0. The second-order valence-electron chi connectivity index (χ2n) is 4.26. The van der Waals surface area contributed by atoms with Crippen molar-refractivity contribution in [2.45, 2.75) is 39.5 Å². The van der Waals surface area contributed by atoms with Gasteiger partial charge in [-0.1, -0.05) is 20.3 Å². The van der Waals surface area contributed by atoms with Crippen molar-refractivity contribution in [1.29, 1.82) is 0 Å². The first-order chi connectivity index (χ1) is 6.70. The van der Waals surface area contributed by atoms with Crippen molar-refractivity contribution < 1.29 is 0 Å². The molecule has 0 unspecified atom stereocenters. The van der Waals surface area contributed by atoms with E-state index in [2.05, 4.69) is 37.7 Å². The van der Waals surface area contributed by atoms with Crippen LogP contribution in [0.25, 0.3) is 0 Å². The SMILES string of the molecule is CCCCN(C)CCCCN(C)CC. The maximum Gasteiger partial charge on any atom is -0.00213 e. The van der Waals surface area contributed by atoms with Crippen LogP contribution >= 0.6 is 0 Å². The molecule has 0 saturated heterocycles. The van der Waals surface area contributed by atoms with Crippen molar-refractivity contribution >= 4 is 0 Å². The van der Waals surface area contributed by atoms with Crippen LogP contribution in [-0.2, 0) is 0 Å². The standard InChI is InChI=1S/C12H28N2/c1-5-7-10-14(4)12-9-8-11-13(3)6-2/h5-12H2,1-4H3. The van der Waals surface area contributed by atoms with Crippen molar-refractivity contribution in [2.75, 3.05) is 40.3 Å². The normalized spacial score (nSPS) is 11.6. The number of rotatable bonds is 9. The zero-order valence-corrected chi connectivity index (χ0v) is 10.6. The zero-order chi connectivity index (χ0) is 10.8. The number of unbranched alkanes of at least 4 members (excludes halogenated alkanes) is 2. The van der Waals surface area contributed by atoms with Gasteiger partial charge in [0.1, 0.15) is 0 Å². The predicted octanol–water partition coefficient (Wildman–Crippen LogP) is 2.45. The summed E-state index contributed by atoms with van der Waals surface area (Å²) in [6.45, 7) is 9.42. The van der Waals surface area contributed by atoms with Crippen LogP contribution in [0.15, 0.2) is 0 Å². The fourth-order valence-electron chi connectivity index (χ4n) is 1.46. The third-order valence-electron chi connectivity index (χ3n) is 2.76. The minimum absolute atomic E-state index is 1.17. The monoisotopic (exact) mass is 200 g/mol. The first-order valence-electron chi connectivity index (χ1n) is 6.07. The Morgan fingerprint density at radius 2 is 1.21 bits per heavy atom. The van der Waals surface area contributed by atoms with Gasteiger partial charge in [-0.05, 0) is 59.5 Å². The van der Waals surface area contributed by atoms with Gasteiger partial charge < -0.3 is 9.80 Å². The molecule has 86 valence electrons. The molecule has 0 amide bonds. The number of hydrogen-bond acceptors (Lipinski definition) is 2. The van der Waals surface area contributed by atoms with E-state index in [9.17, 15) is 0 Å². The number of hydrogen-bond donors (Lipinski definition) is 0. The van der Waals surface area contributed by atoms with Crippen LogP contribution in [0, 0.1) is 0 Å². The smallest absolute Gasteiger partial charge is 0.00213 e. The molecule has 0 heterocycles. The first-order valence-corrected chi connectivity index (χ1v) is 6.07. The topological polar surface area (TPSA) is 6.48 Å². The molecule has 0 fully saturated rings. The lowest BCUT2D eigenvalue weighted by Crippen LogP contribution is -2.23. The molecule has 0 bridgehead atoms. The average molecular weight is 200 g/mol. The zero-order valence-electron chi connectivity index (χ0n) is 10.6. The molecular formula is C12H28N2. The maximum absolute atomic E-state index is 2.45. The highest BCUT2D eigenvalue weighted by molar-refractivity contribution is 4.54. The predicted molar refractivity (Wildman–Crippen MR) is 64.8 cm³/mol. The van der Waals surface area contributed by atoms with Crippen LogP contribution in [0.3, 0.4) is 0 Å². The van der Waals surface area contributed by atoms with Gasteiger partial charge in [0.2, 0.25) is 0 Å². The van der Waals surface area contributed by atoms with Crippen molar-refractivity contribution in [1.82, 2.24) is 9.80 Å². The minimum Gasteiger partial charge on any atom is -0.307 e. The van der Waals surface area contributed by atoms with Crippen LogP contribution in [0.4, 0.5) is 0 Å². The van der Waals surface area contributed by atoms with Gasteiger partial charge >= 0.3 is 0 Å². The van der Waals surface area contributed by atoms with E-state index in [1.165, 1.54) is 51.9 Å². The van der Waals surface area contributed by atoms with Crippen LogP contribution in [0.2, 0.25) is 0 Å². The molecule has 0 aromatic heterocycles. The summed E-state index contributed by atoms with van der Waals surface area (Å²) in [7, 11) is 4.43. The van der Waals surface area contributed by atoms with Crippen LogP contribution in [0.5, 0.6) is 0 Å². The van der Waals surface area contributed by atoms with Gasteiger partial charge in [0.05, 0.1) is 0 Å². The lowest BCUT2D eigenvalue weighted by atomic mass is 10.2. The molecule has 0 N–H and O–H groups in total. The fraction of sp³-hybridized carbons (Fsp3) is 1.00. The fourth-order valence-corrected chi connectivity index (χ4v) is 1.46. The molecule has 0 aliphatic heterocycles. The van der Waals surface area contributed by atoms with E-state index in [1.807, 2.05) is 0 Å². The van der Waals surface area contributed by atoms with Gasteiger partial charge in [0, 0.05) is 0 Å². The van der Waals surface area contributed by atoms with Crippen molar-refractivity contribution in [3.8, 4) is 0 Å². The minimum atomic E-state index is 1.17.